The maximum atomic E-state index is 11.9. The van der Waals surface area contributed by atoms with Crippen molar-refractivity contribution < 1.29 is 9.90 Å². The minimum absolute atomic E-state index is 0.0423. The van der Waals surface area contributed by atoms with Gasteiger partial charge in [-0.2, -0.15) is 0 Å². The van der Waals surface area contributed by atoms with Gasteiger partial charge in [0.25, 0.3) is 0 Å². The molecule has 1 aromatic rings. The number of hydrogen-bond acceptors (Lipinski definition) is 3. The molecule has 5 nitrogen and oxygen atoms in total. The molecule has 0 radical (unpaired) electrons. The second kappa shape index (κ2) is 7.98. The molecule has 0 bridgehead atoms. The van der Waals surface area contributed by atoms with Crippen LogP contribution < -0.4 is 10.6 Å². The third kappa shape index (κ3) is 6.12. The fraction of sp³-hybridized carbons (Fsp3) is 0.625. The van der Waals surface area contributed by atoms with Gasteiger partial charge in [-0.05, 0) is 30.0 Å². The molecular weight excluding hydrogens is 266 g/mol. The van der Waals surface area contributed by atoms with Gasteiger partial charge in [0.15, 0.2) is 0 Å². The van der Waals surface area contributed by atoms with E-state index in [2.05, 4.69) is 43.3 Å². The van der Waals surface area contributed by atoms with Crippen LogP contribution in [0.15, 0.2) is 24.5 Å². The molecule has 0 aliphatic carbocycles. The number of aliphatic hydroxyl groups is 1. The third-order valence-corrected chi connectivity index (χ3v) is 3.46. The van der Waals surface area contributed by atoms with Gasteiger partial charge in [0.2, 0.25) is 0 Å². The maximum Gasteiger partial charge on any atom is 0.315 e. The first-order chi connectivity index (χ1) is 9.85. The van der Waals surface area contributed by atoms with E-state index in [1.54, 1.807) is 12.4 Å². The molecule has 0 aromatic carbocycles. The highest BCUT2D eigenvalue weighted by Crippen LogP contribution is 2.21. The number of urea groups is 1. The molecule has 0 aliphatic rings. The van der Waals surface area contributed by atoms with E-state index in [1.807, 2.05) is 12.1 Å². The zero-order chi connectivity index (χ0) is 15.9. The molecule has 1 aromatic heterocycles. The van der Waals surface area contributed by atoms with Crippen LogP contribution in [0.25, 0.3) is 0 Å². The van der Waals surface area contributed by atoms with Gasteiger partial charge in [0.1, 0.15) is 0 Å². The van der Waals surface area contributed by atoms with Crippen molar-refractivity contribution in [3.8, 4) is 0 Å². The number of carbonyl (C=O) groups excluding carboxylic acids is 1. The smallest absolute Gasteiger partial charge is 0.315 e. The van der Waals surface area contributed by atoms with Gasteiger partial charge in [-0.15, -0.1) is 0 Å². The Morgan fingerprint density at radius 3 is 2.48 bits per heavy atom. The van der Waals surface area contributed by atoms with Crippen LogP contribution >= 0.6 is 0 Å². The van der Waals surface area contributed by atoms with Crippen LogP contribution in [0.5, 0.6) is 0 Å². The first-order valence-electron chi connectivity index (χ1n) is 7.41. The van der Waals surface area contributed by atoms with E-state index < -0.39 is 0 Å². The van der Waals surface area contributed by atoms with E-state index >= 15 is 0 Å². The summed E-state index contributed by atoms with van der Waals surface area (Å²) in [7, 11) is 0. The summed E-state index contributed by atoms with van der Waals surface area (Å²) in [6.07, 6.45) is 4.26. The Morgan fingerprint density at radius 2 is 1.95 bits per heavy atom. The number of amides is 2. The van der Waals surface area contributed by atoms with Crippen molar-refractivity contribution in [1.82, 2.24) is 15.6 Å². The van der Waals surface area contributed by atoms with Crippen LogP contribution in [-0.2, 0) is 5.41 Å². The summed E-state index contributed by atoms with van der Waals surface area (Å²) in [4.78, 5) is 15.9. The van der Waals surface area contributed by atoms with Crippen molar-refractivity contribution in [3.63, 3.8) is 0 Å². The lowest BCUT2D eigenvalue weighted by Crippen LogP contribution is -2.47. The average Bonchev–Trinajstić information content (AvgIpc) is 2.45. The van der Waals surface area contributed by atoms with Crippen molar-refractivity contribution in [1.29, 1.82) is 0 Å². The van der Waals surface area contributed by atoms with Gasteiger partial charge in [-0.1, -0.05) is 27.7 Å². The number of nitrogens with zero attached hydrogens (tertiary/aromatic N) is 1. The van der Waals surface area contributed by atoms with E-state index in [-0.39, 0.29) is 24.1 Å². The lowest BCUT2D eigenvalue weighted by atomic mass is 9.85. The standard InChI is InChI=1S/C16H27N3O2/c1-12(2)9-14(10-20)19-15(21)18-11-16(3,4)13-5-7-17-8-6-13/h5-8,12,14,20H,9-11H2,1-4H3,(H2,18,19,21). The normalized spacial score (nSPS) is 13.0. The monoisotopic (exact) mass is 293 g/mol. The Balaban J connectivity index is 2.48. The highest BCUT2D eigenvalue weighted by atomic mass is 16.3. The molecule has 118 valence electrons. The number of nitrogens with one attached hydrogen (secondary N) is 2. The summed E-state index contributed by atoms with van der Waals surface area (Å²) in [6.45, 7) is 8.74. The highest BCUT2D eigenvalue weighted by molar-refractivity contribution is 5.74. The molecule has 1 unspecified atom stereocenters. The number of rotatable bonds is 7. The second-order valence-corrected chi connectivity index (χ2v) is 6.46. The Morgan fingerprint density at radius 1 is 1.33 bits per heavy atom. The Kier molecular flexibility index (Phi) is 6.62. The van der Waals surface area contributed by atoms with Crippen LogP contribution in [-0.4, -0.2) is 35.3 Å². The van der Waals surface area contributed by atoms with E-state index in [0.717, 1.165) is 12.0 Å². The number of pyridine rings is 1. The van der Waals surface area contributed by atoms with Crippen molar-refractivity contribution in [2.75, 3.05) is 13.2 Å². The van der Waals surface area contributed by atoms with Crippen molar-refractivity contribution in [3.05, 3.63) is 30.1 Å². The van der Waals surface area contributed by atoms with Gasteiger partial charge in [0.05, 0.1) is 12.6 Å². The maximum absolute atomic E-state index is 11.9. The predicted octanol–water partition coefficient (Wildman–Crippen LogP) is 2.07. The Hall–Kier alpha value is -1.62. The van der Waals surface area contributed by atoms with E-state index in [4.69, 9.17) is 0 Å². The fourth-order valence-electron chi connectivity index (χ4n) is 2.19. The fourth-order valence-corrected chi connectivity index (χ4v) is 2.19. The molecule has 2 amide bonds. The van der Waals surface area contributed by atoms with Gasteiger partial charge in [-0.25, -0.2) is 4.79 Å². The number of carbonyl (C=O) groups is 1. The van der Waals surface area contributed by atoms with Gasteiger partial charge >= 0.3 is 6.03 Å². The number of hydrogen-bond donors (Lipinski definition) is 3. The Labute approximate surface area is 127 Å². The summed E-state index contributed by atoms with van der Waals surface area (Å²) >= 11 is 0. The molecule has 0 saturated heterocycles. The van der Waals surface area contributed by atoms with Gasteiger partial charge < -0.3 is 15.7 Å². The zero-order valence-electron chi connectivity index (χ0n) is 13.4. The van der Waals surface area contributed by atoms with Crippen LogP contribution in [0.4, 0.5) is 4.79 Å². The predicted molar refractivity (Wildman–Crippen MR) is 84.1 cm³/mol. The number of aromatic nitrogens is 1. The minimum atomic E-state index is -0.239. The molecule has 1 rings (SSSR count). The van der Waals surface area contributed by atoms with Crippen LogP contribution in [0.3, 0.4) is 0 Å². The van der Waals surface area contributed by atoms with Crippen molar-refractivity contribution in [2.45, 2.75) is 45.6 Å². The first-order valence-corrected chi connectivity index (χ1v) is 7.41. The second-order valence-electron chi connectivity index (χ2n) is 6.46. The topological polar surface area (TPSA) is 74.2 Å². The van der Waals surface area contributed by atoms with E-state index in [0.29, 0.717) is 12.5 Å². The summed E-state index contributed by atoms with van der Waals surface area (Å²) in [5.41, 5.74) is 0.950. The van der Waals surface area contributed by atoms with Crippen LogP contribution in [0, 0.1) is 5.92 Å². The van der Waals surface area contributed by atoms with Crippen LogP contribution in [0.2, 0.25) is 0 Å². The molecule has 0 aliphatic heterocycles. The average molecular weight is 293 g/mol. The van der Waals surface area contributed by atoms with Crippen molar-refractivity contribution >= 4 is 6.03 Å². The quantitative estimate of drug-likeness (QED) is 0.720. The third-order valence-electron chi connectivity index (χ3n) is 3.46. The van der Waals surface area contributed by atoms with Crippen LogP contribution in [0.1, 0.15) is 39.7 Å². The summed E-state index contributed by atoms with van der Waals surface area (Å²) in [6, 6.07) is 3.47. The number of aliphatic hydroxyl groups excluding tert-OH is 1. The molecule has 1 atom stereocenters. The lowest BCUT2D eigenvalue weighted by Gasteiger charge is -2.26. The summed E-state index contributed by atoms with van der Waals surface area (Å²) < 4.78 is 0. The molecular formula is C16H27N3O2. The molecule has 3 N–H and O–H groups in total. The molecule has 0 fully saturated rings. The first kappa shape index (κ1) is 17.4. The molecule has 5 heteroatoms. The minimum Gasteiger partial charge on any atom is -0.394 e. The SMILES string of the molecule is CC(C)CC(CO)NC(=O)NCC(C)(C)c1ccncc1. The molecule has 0 spiro atoms. The van der Waals surface area contributed by atoms with Gasteiger partial charge in [0, 0.05) is 24.4 Å². The highest BCUT2D eigenvalue weighted by Gasteiger charge is 2.22. The summed E-state index contributed by atoms with van der Waals surface area (Å²) in [5, 5.41) is 15.0. The molecule has 0 saturated carbocycles. The lowest BCUT2D eigenvalue weighted by molar-refractivity contribution is 0.205. The largest absolute Gasteiger partial charge is 0.394 e. The van der Waals surface area contributed by atoms with E-state index in [1.165, 1.54) is 0 Å². The van der Waals surface area contributed by atoms with E-state index in [9.17, 15) is 9.90 Å². The molecule has 1 heterocycles. The zero-order valence-corrected chi connectivity index (χ0v) is 13.4. The van der Waals surface area contributed by atoms with Crippen molar-refractivity contribution in [2.24, 2.45) is 5.92 Å². The summed E-state index contributed by atoms with van der Waals surface area (Å²) in [5.74, 6) is 0.427. The molecule has 21 heavy (non-hydrogen) atoms. The Bertz CT molecular complexity index is 432. The van der Waals surface area contributed by atoms with Gasteiger partial charge in [-0.3, -0.25) is 4.98 Å².